The van der Waals surface area contributed by atoms with Crippen LogP contribution in [0.3, 0.4) is 0 Å². The summed E-state index contributed by atoms with van der Waals surface area (Å²) in [6.45, 7) is -0.173. The predicted molar refractivity (Wildman–Crippen MR) is 95.3 cm³/mol. The van der Waals surface area contributed by atoms with Gasteiger partial charge in [0.25, 0.3) is 5.91 Å². The fourth-order valence-corrected chi connectivity index (χ4v) is 4.13. The first-order chi connectivity index (χ1) is 12.0. The summed E-state index contributed by atoms with van der Waals surface area (Å²) in [5.41, 5.74) is -0.135. The van der Waals surface area contributed by atoms with Crippen molar-refractivity contribution in [2.24, 2.45) is 0 Å². The topological polar surface area (TPSA) is 77.9 Å². The zero-order valence-corrected chi connectivity index (χ0v) is 14.8. The number of urea groups is 1. The SMILES string of the molecule is O=C1CN(C2(C(=O)O)CCCC2)C(=O)N1C(S)CCc1ccccc1. The van der Waals surface area contributed by atoms with Gasteiger partial charge in [-0.3, -0.25) is 14.6 Å². The van der Waals surface area contributed by atoms with Crippen LogP contribution in [0.5, 0.6) is 0 Å². The molecular formula is C18H22N2O4S. The number of aryl methyl sites for hydroxylation is 1. The fourth-order valence-electron chi connectivity index (χ4n) is 3.77. The second-order valence-corrected chi connectivity index (χ2v) is 7.28. The first-order valence-electron chi connectivity index (χ1n) is 8.55. The van der Waals surface area contributed by atoms with Crippen molar-refractivity contribution in [3.63, 3.8) is 0 Å². The standard InChI is InChI=1S/C18H22N2O4S/c21-14-12-19(18(16(22)23)10-4-5-11-18)17(24)20(14)15(25)9-8-13-6-2-1-3-7-13/h1-3,6-7,15,25H,4-5,8-12H2,(H,22,23). The Morgan fingerprint density at radius 3 is 2.44 bits per heavy atom. The number of thiol groups is 1. The number of hydrogen-bond donors (Lipinski definition) is 2. The molecule has 0 bridgehead atoms. The normalized spacial score (nSPS) is 21.0. The van der Waals surface area contributed by atoms with Crippen molar-refractivity contribution in [1.82, 2.24) is 9.80 Å². The van der Waals surface area contributed by atoms with E-state index in [1.54, 1.807) is 0 Å². The Balaban J connectivity index is 1.71. The highest BCUT2D eigenvalue weighted by Gasteiger charge is 2.54. The van der Waals surface area contributed by atoms with Crippen molar-refractivity contribution in [3.05, 3.63) is 35.9 Å². The number of carboxylic acids is 1. The molecule has 1 atom stereocenters. The Morgan fingerprint density at radius 1 is 1.20 bits per heavy atom. The predicted octanol–water partition coefficient (Wildman–Crippen LogP) is 2.54. The second-order valence-electron chi connectivity index (χ2n) is 6.68. The Kier molecular flexibility index (Phi) is 5.03. The number of amides is 3. The molecule has 1 N–H and O–H groups in total. The third-order valence-corrected chi connectivity index (χ3v) is 5.67. The van der Waals surface area contributed by atoms with Crippen LogP contribution in [0.15, 0.2) is 30.3 Å². The van der Waals surface area contributed by atoms with Crippen molar-refractivity contribution in [2.75, 3.05) is 6.54 Å². The van der Waals surface area contributed by atoms with Gasteiger partial charge in [-0.2, -0.15) is 12.6 Å². The van der Waals surface area contributed by atoms with Crippen LogP contribution < -0.4 is 0 Å². The van der Waals surface area contributed by atoms with Crippen LogP contribution in [0.2, 0.25) is 0 Å². The van der Waals surface area contributed by atoms with Crippen molar-refractivity contribution in [2.45, 2.75) is 49.4 Å². The van der Waals surface area contributed by atoms with E-state index in [4.69, 9.17) is 0 Å². The molecule has 1 heterocycles. The molecule has 1 saturated carbocycles. The van der Waals surface area contributed by atoms with E-state index in [2.05, 4.69) is 12.6 Å². The number of imide groups is 1. The lowest BCUT2D eigenvalue weighted by atomic mass is 9.96. The summed E-state index contributed by atoms with van der Waals surface area (Å²) in [7, 11) is 0. The molecule has 0 radical (unpaired) electrons. The molecule has 0 aromatic heterocycles. The van der Waals surface area contributed by atoms with Gasteiger partial charge in [0.1, 0.15) is 12.1 Å². The van der Waals surface area contributed by atoms with Gasteiger partial charge in [-0.05, 0) is 31.2 Å². The number of carbonyl (C=O) groups excluding carboxylic acids is 2. The summed E-state index contributed by atoms with van der Waals surface area (Å²) < 4.78 is 0. The molecule has 2 fully saturated rings. The monoisotopic (exact) mass is 362 g/mol. The summed E-state index contributed by atoms with van der Waals surface area (Å²) in [6, 6.07) is 9.25. The van der Waals surface area contributed by atoms with E-state index in [1.165, 1.54) is 4.90 Å². The number of nitrogens with zero attached hydrogens (tertiary/aromatic N) is 2. The Labute approximate surface area is 152 Å². The van der Waals surface area contributed by atoms with Gasteiger partial charge >= 0.3 is 12.0 Å². The van der Waals surface area contributed by atoms with Crippen LogP contribution in [-0.4, -0.2) is 50.3 Å². The van der Waals surface area contributed by atoms with Crippen molar-refractivity contribution in [1.29, 1.82) is 0 Å². The van der Waals surface area contributed by atoms with Gasteiger partial charge in [-0.1, -0.05) is 43.2 Å². The molecule has 3 rings (SSSR count). The molecule has 2 aliphatic rings. The largest absolute Gasteiger partial charge is 0.479 e. The smallest absolute Gasteiger partial charge is 0.329 e. The highest BCUT2D eigenvalue weighted by Crippen LogP contribution is 2.38. The molecule has 1 aliphatic heterocycles. The van der Waals surface area contributed by atoms with Gasteiger partial charge in [0, 0.05) is 0 Å². The van der Waals surface area contributed by atoms with Crippen LogP contribution in [-0.2, 0) is 16.0 Å². The molecule has 134 valence electrons. The molecule has 7 heteroatoms. The summed E-state index contributed by atoms with van der Waals surface area (Å²) in [4.78, 5) is 39.3. The van der Waals surface area contributed by atoms with E-state index in [0.29, 0.717) is 25.7 Å². The van der Waals surface area contributed by atoms with Crippen LogP contribution in [0.4, 0.5) is 4.79 Å². The fraction of sp³-hybridized carbons (Fsp3) is 0.500. The Morgan fingerprint density at radius 2 is 1.84 bits per heavy atom. The minimum atomic E-state index is -1.24. The lowest BCUT2D eigenvalue weighted by Gasteiger charge is -2.34. The molecule has 1 saturated heterocycles. The zero-order valence-electron chi connectivity index (χ0n) is 13.9. The molecule has 1 aromatic carbocycles. The molecule has 25 heavy (non-hydrogen) atoms. The number of hydrogen-bond acceptors (Lipinski definition) is 4. The van der Waals surface area contributed by atoms with E-state index in [9.17, 15) is 19.5 Å². The van der Waals surface area contributed by atoms with Crippen molar-refractivity contribution < 1.29 is 19.5 Å². The third-order valence-electron chi connectivity index (χ3n) is 5.18. The van der Waals surface area contributed by atoms with Crippen LogP contribution in [0.25, 0.3) is 0 Å². The number of carboxylic acid groups (broad SMARTS) is 1. The molecule has 3 amide bonds. The minimum absolute atomic E-state index is 0.173. The summed E-state index contributed by atoms with van der Waals surface area (Å²) in [5.74, 6) is -1.39. The highest BCUT2D eigenvalue weighted by molar-refractivity contribution is 7.80. The van der Waals surface area contributed by atoms with E-state index in [-0.39, 0.29) is 12.5 Å². The molecule has 1 aliphatic carbocycles. The van der Waals surface area contributed by atoms with Crippen molar-refractivity contribution in [3.8, 4) is 0 Å². The first kappa shape index (κ1) is 17.8. The number of aliphatic carboxylic acids is 1. The summed E-state index contributed by atoms with van der Waals surface area (Å²) >= 11 is 4.45. The maximum Gasteiger partial charge on any atom is 0.329 e. The van der Waals surface area contributed by atoms with Crippen LogP contribution >= 0.6 is 12.6 Å². The number of carbonyl (C=O) groups is 3. The molecule has 0 spiro atoms. The van der Waals surface area contributed by atoms with Gasteiger partial charge < -0.3 is 5.11 Å². The molecule has 1 unspecified atom stereocenters. The van der Waals surface area contributed by atoms with Crippen LogP contribution in [0, 0.1) is 0 Å². The van der Waals surface area contributed by atoms with Gasteiger partial charge in [0.15, 0.2) is 0 Å². The maximum absolute atomic E-state index is 12.8. The lowest BCUT2D eigenvalue weighted by molar-refractivity contribution is -0.149. The third kappa shape index (κ3) is 3.25. The summed E-state index contributed by atoms with van der Waals surface area (Å²) in [6.07, 6.45) is 3.52. The zero-order chi connectivity index (χ0) is 18.0. The molecule has 6 nitrogen and oxygen atoms in total. The Hall–Kier alpha value is -2.02. The number of rotatable bonds is 6. The maximum atomic E-state index is 12.8. The van der Waals surface area contributed by atoms with Gasteiger partial charge in [-0.25, -0.2) is 9.59 Å². The summed E-state index contributed by atoms with van der Waals surface area (Å²) in [5, 5.41) is 9.10. The first-order valence-corrected chi connectivity index (χ1v) is 9.06. The lowest BCUT2D eigenvalue weighted by Crippen LogP contribution is -2.54. The Bertz CT molecular complexity index is 673. The quantitative estimate of drug-likeness (QED) is 0.602. The second kappa shape index (κ2) is 7.07. The van der Waals surface area contributed by atoms with E-state index in [0.717, 1.165) is 23.3 Å². The van der Waals surface area contributed by atoms with Crippen LogP contribution in [0.1, 0.15) is 37.7 Å². The van der Waals surface area contributed by atoms with Gasteiger partial charge in [0.05, 0.1) is 5.37 Å². The minimum Gasteiger partial charge on any atom is -0.479 e. The molecular weight excluding hydrogens is 340 g/mol. The van der Waals surface area contributed by atoms with Crippen molar-refractivity contribution >= 4 is 30.5 Å². The highest BCUT2D eigenvalue weighted by atomic mass is 32.1. The molecule has 1 aromatic rings. The number of benzene rings is 1. The average molecular weight is 362 g/mol. The van der Waals surface area contributed by atoms with E-state index < -0.39 is 22.9 Å². The van der Waals surface area contributed by atoms with E-state index >= 15 is 0 Å². The van der Waals surface area contributed by atoms with Gasteiger partial charge in [-0.15, -0.1) is 0 Å². The van der Waals surface area contributed by atoms with E-state index in [1.807, 2.05) is 30.3 Å². The van der Waals surface area contributed by atoms with Gasteiger partial charge in [0.2, 0.25) is 0 Å². The average Bonchev–Trinajstić information content (AvgIpc) is 3.19.